The largest absolute Gasteiger partial charge is 0.497 e. The van der Waals surface area contributed by atoms with Crippen LogP contribution in [0.5, 0.6) is 5.75 Å². The predicted octanol–water partition coefficient (Wildman–Crippen LogP) is 1.55. The van der Waals surface area contributed by atoms with Crippen LogP contribution in [0.2, 0.25) is 5.02 Å². The Morgan fingerprint density at radius 2 is 1.70 bits per heavy atom. The maximum absolute atomic E-state index is 13.2. The molecule has 44 heavy (non-hydrogen) atoms. The molecule has 2 heterocycles. The molecule has 0 saturated carbocycles. The molecule has 3 atom stereocenters. The third-order valence-electron chi connectivity index (χ3n) is 7.75. The number of methoxy groups -OCH3 is 1. The summed E-state index contributed by atoms with van der Waals surface area (Å²) in [4.78, 5) is 32.9. The molecule has 0 aliphatic carbocycles. The zero-order chi connectivity index (χ0) is 31.2. The number of hydrogen-bond acceptors (Lipinski definition) is 9. The van der Waals surface area contributed by atoms with Crippen LogP contribution in [0.1, 0.15) is 47.7 Å². The van der Waals surface area contributed by atoms with E-state index in [1.54, 1.807) is 19.2 Å². The fraction of sp³-hybridized carbons (Fsp3) is 0.323. The van der Waals surface area contributed by atoms with Crippen molar-refractivity contribution in [1.29, 1.82) is 0 Å². The minimum atomic E-state index is -1.57. The van der Waals surface area contributed by atoms with Gasteiger partial charge in [0, 0.05) is 40.5 Å². The monoisotopic (exact) mass is 618 g/mol. The number of aliphatic imine (C=N–C) groups is 1. The minimum Gasteiger partial charge on any atom is -0.497 e. The highest BCUT2D eigenvalue weighted by atomic mass is 35.5. The van der Waals surface area contributed by atoms with Crippen LogP contribution in [-0.4, -0.2) is 73.3 Å². The lowest BCUT2D eigenvalue weighted by atomic mass is 9.80. The molecule has 2 amide bonds. The maximum Gasteiger partial charge on any atom is 0.488 e. The Morgan fingerprint density at radius 1 is 1.00 bits per heavy atom. The number of unbranched alkanes of at least 4 members (excludes halogenated alkanes) is 1. The Kier molecular flexibility index (Phi) is 10.2. The van der Waals surface area contributed by atoms with Gasteiger partial charge in [-0.3, -0.25) is 14.6 Å². The first kappa shape index (κ1) is 31.5. The number of hydrazine groups is 1. The smallest absolute Gasteiger partial charge is 0.488 e. The van der Waals surface area contributed by atoms with Gasteiger partial charge in [0.05, 0.1) is 31.4 Å². The Hall–Kier alpha value is -3.94. The summed E-state index contributed by atoms with van der Waals surface area (Å²) >= 11 is 6.19. The Balaban J connectivity index is 1.22. The van der Waals surface area contributed by atoms with Gasteiger partial charge in [0.2, 0.25) is 5.91 Å². The average molecular weight is 619 g/mol. The van der Waals surface area contributed by atoms with Gasteiger partial charge in [-0.1, -0.05) is 35.9 Å². The SMILES string of the molecule is COc1ccc2c(c1)C(c1ccc(Cl)cc1)=NC(CC(=O)NCCCCNC(=O)c1ccc(B(O)O)cc1)C1NNC(C)N21. The molecule has 2 aliphatic heterocycles. The molecule has 1 fully saturated rings. The molecule has 0 radical (unpaired) electrons. The van der Waals surface area contributed by atoms with Crippen LogP contribution >= 0.6 is 11.6 Å². The van der Waals surface area contributed by atoms with Crippen LogP contribution in [0, 0.1) is 0 Å². The van der Waals surface area contributed by atoms with Crippen molar-refractivity contribution in [3.63, 3.8) is 0 Å². The molecule has 5 rings (SSSR count). The molecule has 1 saturated heterocycles. The van der Waals surface area contributed by atoms with E-state index in [0.717, 1.165) is 22.5 Å². The first-order valence-electron chi connectivity index (χ1n) is 14.6. The summed E-state index contributed by atoms with van der Waals surface area (Å²) in [5.74, 6) is 0.349. The van der Waals surface area contributed by atoms with Crippen LogP contribution in [-0.2, 0) is 4.79 Å². The van der Waals surface area contributed by atoms with E-state index in [-0.39, 0.29) is 30.6 Å². The van der Waals surface area contributed by atoms with Crippen LogP contribution < -0.4 is 36.6 Å². The van der Waals surface area contributed by atoms with E-state index >= 15 is 0 Å². The highest BCUT2D eigenvalue weighted by Gasteiger charge is 2.40. The molecule has 11 nitrogen and oxygen atoms in total. The van der Waals surface area contributed by atoms with E-state index in [2.05, 4.69) is 33.3 Å². The number of rotatable bonds is 11. The van der Waals surface area contributed by atoms with Crippen molar-refractivity contribution in [2.24, 2.45) is 4.99 Å². The lowest BCUT2D eigenvalue weighted by Gasteiger charge is -2.31. The van der Waals surface area contributed by atoms with Gasteiger partial charge in [-0.15, -0.1) is 0 Å². The molecule has 0 spiro atoms. The summed E-state index contributed by atoms with van der Waals surface area (Å²) in [6.07, 6.45) is 1.21. The molecular formula is C31H36BClN6O5. The summed E-state index contributed by atoms with van der Waals surface area (Å²) < 4.78 is 5.54. The first-order chi connectivity index (χ1) is 21.2. The van der Waals surface area contributed by atoms with Crippen LogP contribution in [0.25, 0.3) is 0 Å². The Bertz CT molecular complexity index is 1500. The quantitative estimate of drug-likeness (QED) is 0.140. The topological polar surface area (TPSA) is 148 Å². The number of carbonyl (C=O) groups is 2. The average Bonchev–Trinajstić information content (AvgIpc) is 3.35. The normalized spacial score (nSPS) is 18.9. The van der Waals surface area contributed by atoms with Gasteiger partial charge in [-0.25, -0.2) is 10.9 Å². The summed E-state index contributed by atoms with van der Waals surface area (Å²) in [5, 5.41) is 24.9. The molecule has 0 aromatic heterocycles. The van der Waals surface area contributed by atoms with Crippen LogP contribution in [0.4, 0.5) is 5.69 Å². The number of fused-ring (bicyclic) bond motifs is 3. The summed E-state index contributed by atoms with van der Waals surface area (Å²) in [6.45, 7) is 2.97. The summed E-state index contributed by atoms with van der Waals surface area (Å²) in [5.41, 5.74) is 10.9. The number of amides is 2. The second-order valence-corrected chi connectivity index (χ2v) is 11.2. The van der Waals surface area contributed by atoms with Crippen LogP contribution in [0.3, 0.4) is 0 Å². The Labute approximate surface area is 261 Å². The van der Waals surface area contributed by atoms with Crippen molar-refractivity contribution < 1.29 is 24.4 Å². The highest BCUT2D eigenvalue weighted by molar-refractivity contribution is 6.58. The van der Waals surface area contributed by atoms with Crippen LogP contribution in [0.15, 0.2) is 71.7 Å². The lowest BCUT2D eigenvalue weighted by molar-refractivity contribution is -0.121. The predicted molar refractivity (Wildman–Crippen MR) is 171 cm³/mol. The summed E-state index contributed by atoms with van der Waals surface area (Å²) in [7, 11) is 0.0592. The highest BCUT2D eigenvalue weighted by Crippen LogP contribution is 2.36. The van der Waals surface area contributed by atoms with E-state index in [1.807, 2.05) is 42.5 Å². The molecule has 230 valence electrons. The molecule has 13 heteroatoms. The van der Waals surface area contributed by atoms with Gasteiger partial charge in [-0.05, 0) is 67.7 Å². The number of halogens is 1. The number of nitrogens with one attached hydrogen (secondary N) is 4. The van der Waals surface area contributed by atoms with Gasteiger partial charge in [-0.2, -0.15) is 0 Å². The molecule has 3 unspecified atom stereocenters. The fourth-order valence-corrected chi connectivity index (χ4v) is 5.56. The van der Waals surface area contributed by atoms with Gasteiger partial charge in [0.1, 0.15) is 11.9 Å². The van der Waals surface area contributed by atoms with Gasteiger partial charge in [0.25, 0.3) is 5.91 Å². The third-order valence-corrected chi connectivity index (χ3v) is 8.00. The number of benzene rings is 3. The van der Waals surface area contributed by atoms with Crippen molar-refractivity contribution in [3.05, 3.63) is 88.4 Å². The van der Waals surface area contributed by atoms with E-state index in [1.165, 1.54) is 12.1 Å². The van der Waals surface area contributed by atoms with E-state index in [4.69, 9.17) is 21.3 Å². The van der Waals surface area contributed by atoms with E-state index in [0.29, 0.717) is 47.7 Å². The van der Waals surface area contributed by atoms with Crippen molar-refractivity contribution in [2.45, 2.75) is 44.6 Å². The minimum absolute atomic E-state index is 0.0492. The molecule has 6 N–H and O–H groups in total. The van der Waals surface area contributed by atoms with Gasteiger partial charge in [0.15, 0.2) is 0 Å². The fourth-order valence-electron chi connectivity index (χ4n) is 5.43. The van der Waals surface area contributed by atoms with Gasteiger partial charge < -0.3 is 30.3 Å². The number of anilines is 1. The third kappa shape index (κ3) is 7.23. The molecular weight excluding hydrogens is 583 g/mol. The number of carbonyl (C=O) groups excluding carboxylic acids is 2. The summed E-state index contributed by atoms with van der Waals surface area (Å²) in [6, 6.07) is 19.1. The number of ether oxygens (including phenoxy) is 1. The lowest BCUT2D eigenvalue weighted by Crippen LogP contribution is -2.47. The van der Waals surface area contributed by atoms with Crippen molar-refractivity contribution in [1.82, 2.24) is 21.5 Å². The second kappa shape index (κ2) is 14.2. The zero-order valence-corrected chi connectivity index (χ0v) is 25.3. The molecule has 3 aromatic carbocycles. The van der Waals surface area contributed by atoms with E-state index < -0.39 is 13.2 Å². The number of hydrogen-bond donors (Lipinski definition) is 6. The van der Waals surface area contributed by atoms with E-state index in [9.17, 15) is 19.6 Å². The van der Waals surface area contributed by atoms with Crippen molar-refractivity contribution in [2.75, 3.05) is 25.1 Å². The molecule has 0 bridgehead atoms. The molecule has 3 aromatic rings. The first-order valence-corrected chi connectivity index (χ1v) is 15.0. The van der Waals surface area contributed by atoms with Crippen molar-refractivity contribution >= 4 is 47.4 Å². The van der Waals surface area contributed by atoms with Crippen molar-refractivity contribution in [3.8, 4) is 5.75 Å². The standard InChI is InChI=1S/C31H36BClN6O5/c1-19-37-38-30-26(18-28(40)34-15-3-4-16-35-31(41)21-5-9-22(10-6-21)32(42)43)36-29(20-7-11-23(33)12-8-20)25-17-24(44-2)13-14-27(25)39(19)30/h5-14,17,19,26,30,37-38,42-43H,3-4,15-16,18H2,1-2H3,(H,34,40)(H,35,41). The van der Waals surface area contributed by atoms with Gasteiger partial charge >= 0.3 is 7.12 Å². The molecule has 2 aliphatic rings. The number of nitrogens with zero attached hydrogens (tertiary/aromatic N) is 2. The zero-order valence-electron chi connectivity index (χ0n) is 24.6. The second-order valence-electron chi connectivity index (χ2n) is 10.8. The Morgan fingerprint density at radius 3 is 2.39 bits per heavy atom. The maximum atomic E-state index is 13.2.